The van der Waals surface area contributed by atoms with Crippen LogP contribution in [0.3, 0.4) is 0 Å². The van der Waals surface area contributed by atoms with E-state index in [1.165, 1.54) is 11.7 Å². The van der Waals surface area contributed by atoms with Crippen LogP contribution in [0, 0.1) is 0 Å². The second-order valence-electron chi connectivity index (χ2n) is 0.402. The SMILES string of the molecule is Cl/C=C/NCl. The van der Waals surface area contributed by atoms with Crippen molar-refractivity contribution in [1.82, 2.24) is 4.84 Å². The van der Waals surface area contributed by atoms with Crippen LogP contribution in [0.1, 0.15) is 0 Å². The molecule has 0 unspecified atom stereocenters. The van der Waals surface area contributed by atoms with E-state index < -0.39 is 0 Å². The molecule has 0 aromatic heterocycles. The first-order valence-corrected chi connectivity index (χ1v) is 1.84. The standard InChI is InChI=1S/C2H3Cl2N/c3-1-2-5-4/h1-2,5H/b2-1+. The van der Waals surface area contributed by atoms with Crippen LogP contribution in [0.5, 0.6) is 0 Å². The highest BCUT2D eigenvalue weighted by Gasteiger charge is 1.50. The molecule has 0 amide bonds. The van der Waals surface area contributed by atoms with Crippen LogP contribution >= 0.6 is 23.4 Å². The van der Waals surface area contributed by atoms with Crippen LogP contribution in [0.25, 0.3) is 0 Å². The maximum absolute atomic E-state index is 4.97. The number of hydrogen-bond acceptors (Lipinski definition) is 1. The van der Waals surface area contributed by atoms with Crippen molar-refractivity contribution in [3.05, 3.63) is 11.7 Å². The smallest absolute Gasteiger partial charge is 0.0241 e. The second-order valence-corrected chi connectivity index (χ2v) is 0.872. The van der Waals surface area contributed by atoms with Gasteiger partial charge < -0.3 is 4.84 Å². The molecule has 0 rings (SSSR count). The van der Waals surface area contributed by atoms with Crippen LogP contribution in [0.4, 0.5) is 0 Å². The van der Waals surface area contributed by atoms with Gasteiger partial charge in [-0.2, -0.15) is 0 Å². The highest BCUT2D eigenvalue weighted by Crippen LogP contribution is 1.71. The second kappa shape index (κ2) is 4.12. The summed E-state index contributed by atoms with van der Waals surface area (Å²) in [7, 11) is 0. The van der Waals surface area contributed by atoms with E-state index in [2.05, 4.69) is 4.84 Å². The van der Waals surface area contributed by atoms with Crippen LogP contribution in [0.2, 0.25) is 0 Å². The van der Waals surface area contributed by atoms with E-state index in [1.54, 1.807) is 0 Å². The van der Waals surface area contributed by atoms with E-state index in [-0.39, 0.29) is 0 Å². The summed E-state index contributed by atoms with van der Waals surface area (Å²) in [5.41, 5.74) is 1.28. The monoisotopic (exact) mass is 111 g/mol. The van der Waals surface area contributed by atoms with Gasteiger partial charge in [-0.25, -0.2) is 0 Å². The van der Waals surface area contributed by atoms with Crippen molar-refractivity contribution in [2.75, 3.05) is 0 Å². The van der Waals surface area contributed by atoms with Gasteiger partial charge in [-0.15, -0.1) is 0 Å². The Hall–Kier alpha value is 0.120. The van der Waals surface area contributed by atoms with E-state index in [0.717, 1.165) is 0 Å². The lowest BCUT2D eigenvalue weighted by Gasteiger charge is -1.69. The summed E-state index contributed by atoms with van der Waals surface area (Å²) in [4.78, 5) is 2.18. The molecule has 5 heavy (non-hydrogen) atoms. The summed E-state index contributed by atoms with van der Waals surface area (Å²) in [6.07, 6.45) is 1.41. The van der Waals surface area contributed by atoms with E-state index in [4.69, 9.17) is 23.4 Å². The fourth-order valence-electron chi connectivity index (χ4n) is 0.0238. The number of halogens is 2. The lowest BCUT2D eigenvalue weighted by Crippen LogP contribution is -1.75. The van der Waals surface area contributed by atoms with Gasteiger partial charge in [0.2, 0.25) is 0 Å². The Bertz CT molecular complexity index is 34.6. The Balaban J connectivity index is 2.62. The minimum absolute atomic E-state index is 1.28. The molecule has 3 heteroatoms. The van der Waals surface area contributed by atoms with Crippen molar-refractivity contribution in [3.63, 3.8) is 0 Å². The summed E-state index contributed by atoms with van der Waals surface area (Å²) in [5.74, 6) is 0. The van der Waals surface area contributed by atoms with Gasteiger partial charge in [-0.3, -0.25) is 0 Å². The topological polar surface area (TPSA) is 12.0 Å². The summed E-state index contributed by atoms with van der Waals surface area (Å²) in [6, 6.07) is 0. The molecule has 0 saturated carbocycles. The Kier molecular flexibility index (Phi) is 4.22. The Morgan fingerprint density at radius 1 is 1.60 bits per heavy atom. The third-order valence-electron chi connectivity index (χ3n) is 0.126. The van der Waals surface area contributed by atoms with E-state index in [0.29, 0.717) is 0 Å². The lowest BCUT2D eigenvalue weighted by molar-refractivity contribution is 1.41. The quantitative estimate of drug-likeness (QED) is 0.506. The Labute approximate surface area is 40.7 Å². The van der Waals surface area contributed by atoms with Crippen molar-refractivity contribution in [2.24, 2.45) is 0 Å². The van der Waals surface area contributed by atoms with Gasteiger partial charge in [0.05, 0.1) is 0 Å². The van der Waals surface area contributed by atoms with Crippen LogP contribution < -0.4 is 4.84 Å². The molecule has 0 aliphatic carbocycles. The van der Waals surface area contributed by atoms with Gasteiger partial charge in [-0.1, -0.05) is 11.6 Å². The first-order chi connectivity index (χ1) is 2.41. The van der Waals surface area contributed by atoms with Gasteiger partial charge >= 0.3 is 0 Å². The minimum Gasteiger partial charge on any atom is -0.305 e. The predicted molar refractivity (Wildman–Crippen MR) is 24.0 cm³/mol. The number of nitrogens with one attached hydrogen (secondary N) is 1. The first kappa shape index (κ1) is 5.12. The van der Waals surface area contributed by atoms with E-state index >= 15 is 0 Å². The van der Waals surface area contributed by atoms with Crippen molar-refractivity contribution in [3.8, 4) is 0 Å². The molecule has 0 bridgehead atoms. The molecular weight excluding hydrogens is 109 g/mol. The summed E-state index contributed by atoms with van der Waals surface area (Å²) in [5, 5.41) is 0. The number of rotatable bonds is 1. The third kappa shape index (κ3) is 4.12. The van der Waals surface area contributed by atoms with Crippen molar-refractivity contribution in [2.45, 2.75) is 0 Å². The zero-order valence-electron chi connectivity index (χ0n) is 2.41. The fraction of sp³-hybridized carbons (Fsp3) is 0. The van der Waals surface area contributed by atoms with Crippen LogP contribution in [0.15, 0.2) is 11.7 Å². The Morgan fingerprint density at radius 2 is 2.20 bits per heavy atom. The maximum Gasteiger partial charge on any atom is 0.0241 e. The number of hydrogen-bond donors (Lipinski definition) is 1. The zero-order chi connectivity index (χ0) is 4.12. The van der Waals surface area contributed by atoms with Gasteiger partial charge in [0.25, 0.3) is 0 Å². The highest BCUT2D eigenvalue weighted by molar-refractivity contribution is 6.25. The highest BCUT2D eigenvalue weighted by atomic mass is 35.5. The lowest BCUT2D eigenvalue weighted by atomic mass is 11.1. The van der Waals surface area contributed by atoms with E-state index in [1.807, 2.05) is 0 Å². The average molecular weight is 112 g/mol. The van der Waals surface area contributed by atoms with Crippen LogP contribution in [-0.2, 0) is 0 Å². The molecule has 0 saturated heterocycles. The first-order valence-electron chi connectivity index (χ1n) is 1.03. The largest absolute Gasteiger partial charge is 0.305 e. The zero-order valence-corrected chi connectivity index (χ0v) is 3.92. The summed E-state index contributed by atoms with van der Waals surface area (Å²) >= 11 is 9.85. The van der Waals surface area contributed by atoms with Crippen molar-refractivity contribution >= 4 is 23.4 Å². The minimum atomic E-state index is 1.28. The van der Waals surface area contributed by atoms with Crippen molar-refractivity contribution in [1.29, 1.82) is 0 Å². The molecule has 1 N–H and O–H groups in total. The van der Waals surface area contributed by atoms with Gasteiger partial charge in [-0.05, 0) is 0 Å². The van der Waals surface area contributed by atoms with Gasteiger partial charge in [0, 0.05) is 23.5 Å². The molecule has 0 radical (unpaired) electrons. The molecule has 0 atom stereocenters. The van der Waals surface area contributed by atoms with Crippen LogP contribution in [-0.4, -0.2) is 0 Å². The molecule has 0 aliphatic heterocycles. The molecule has 0 spiro atoms. The molecule has 0 fully saturated rings. The van der Waals surface area contributed by atoms with Crippen molar-refractivity contribution < 1.29 is 0 Å². The molecule has 0 aromatic carbocycles. The molecule has 1 nitrogen and oxygen atoms in total. The Morgan fingerprint density at radius 3 is 2.20 bits per heavy atom. The predicted octanol–water partition coefficient (Wildman–Crippen LogP) is 1.44. The molecule has 0 aromatic rings. The van der Waals surface area contributed by atoms with Gasteiger partial charge in [0.1, 0.15) is 0 Å². The molecular formula is C2H3Cl2N. The summed E-state index contributed by atoms with van der Waals surface area (Å²) in [6.45, 7) is 0. The fourth-order valence-corrected chi connectivity index (χ4v) is 0.214. The summed E-state index contributed by atoms with van der Waals surface area (Å²) < 4.78 is 0. The molecule has 30 valence electrons. The molecule has 0 heterocycles. The normalized spacial score (nSPS) is 9.20. The third-order valence-corrected chi connectivity index (χ3v) is 0.378. The maximum atomic E-state index is 4.97. The average Bonchev–Trinajstić information content (AvgIpc) is 1.41. The van der Waals surface area contributed by atoms with E-state index in [9.17, 15) is 0 Å². The van der Waals surface area contributed by atoms with Gasteiger partial charge in [0.15, 0.2) is 0 Å². The molecule has 0 aliphatic rings.